The molecule has 20 heavy (non-hydrogen) atoms. The number of rotatable bonds is 8. The average Bonchev–Trinajstić information content (AvgIpc) is 2.42. The van der Waals surface area contributed by atoms with Gasteiger partial charge in [-0.1, -0.05) is 31.5 Å². The third-order valence-electron chi connectivity index (χ3n) is 4.25. The number of hydrogen-bond donors (Lipinski definition) is 1. The minimum Gasteiger partial charge on any atom is -0.496 e. The zero-order valence-electron chi connectivity index (χ0n) is 13.1. The van der Waals surface area contributed by atoms with Gasteiger partial charge in [0.1, 0.15) is 5.75 Å². The second kappa shape index (κ2) is 7.65. The Morgan fingerprint density at radius 2 is 2.10 bits per heavy atom. The second-order valence-corrected chi connectivity index (χ2v) is 5.87. The fraction of sp³-hybridized carbons (Fsp3) is 0.647. The first-order chi connectivity index (χ1) is 9.74. The third-order valence-corrected chi connectivity index (χ3v) is 4.25. The third kappa shape index (κ3) is 3.97. The van der Waals surface area contributed by atoms with Crippen LogP contribution in [-0.4, -0.2) is 38.7 Å². The lowest BCUT2D eigenvalue weighted by Crippen LogP contribution is -2.37. The maximum atomic E-state index is 5.51. The van der Waals surface area contributed by atoms with Crippen molar-refractivity contribution in [1.29, 1.82) is 0 Å². The highest BCUT2D eigenvalue weighted by Crippen LogP contribution is 2.29. The van der Waals surface area contributed by atoms with E-state index in [2.05, 4.69) is 36.3 Å². The van der Waals surface area contributed by atoms with Crippen LogP contribution >= 0.6 is 0 Å². The molecule has 0 radical (unpaired) electrons. The minimum atomic E-state index is 0.334. The topological polar surface area (TPSA) is 24.5 Å². The molecule has 1 unspecified atom stereocenters. The normalized spacial score (nSPS) is 17.0. The predicted molar refractivity (Wildman–Crippen MR) is 84.2 cm³/mol. The maximum Gasteiger partial charge on any atom is 0.123 e. The van der Waals surface area contributed by atoms with Gasteiger partial charge in [0, 0.05) is 24.7 Å². The van der Waals surface area contributed by atoms with E-state index in [1.807, 2.05) is 12.1 Å². The first kappa shape index (κ1) is 15.3. The van der Waals surface area contributed by atoms with Crippen molar-refractivity contribution in [3.63, 3.8) is 0 Å². The molecule has 0 spiro atoms. The fourth-order valence-corrected chi connectivity index (χ4v) is 2.98. The number of benzene rings is 1. The molecule has 0 aromatic heterocycles. The van der Waals surface area contributed by atoms with Gasteiger partial charge in [-0.05, 0) is 38.4 Å². The summed E-state index contributed by atoms with van der Waals surface area (Å²) in [6.45, 7) is 5.39. The van der Waals surface area contributed by atoms with Gasteiger partial charge < -0.3 is 15.0 Å². The molecule has 112 valence electrons. The Labute approximate surface area is 123 Å². The van der Waals surface area contributed by atoms with Crippen LogP contribution in [0.1, 0.15) is 37.8 Å². The smallest absolute Gasteiger partial charge is 0.123 e. The zero-order valence-corrected chi connectivity index (χ0v) is 13.1. The maximum absolute atomic E-state index is 5.51. The Morgan fingerprint density at radius 1 is 1.35 bits per heavy atom. The van der Waals surface area contributed by atoms with Gasteiger partial charge in [0.15, 0.2) is 0 Å². The second-order valence-electron chi connectivity index (χ2n) is 5.87. The Hall–Kier alpha value is -1.06. The van der Waals surface area contributed by atoms with E-state index in [1.165, 1.54) is 31.4 Å². The lowest BCUT2D eigenvalue weighted by molar-refractivity contribution is 0.191. The molecular weight excluding hydrogens is 248 g/mol. The van der Waals surface area contributed by atoms with E-state index in [1.54, 1.807) is 7.11 Å². The quantitative estimate of drug-likeness (QED) is 0.789. The van der Waals surface area contributed by atoms with Crippen LogP contribution in [0, 0.1) is 5.92 Å². The van der Waals surface area contributed by atoms with Crippen molar-refractivity contribution in [2.45, 2.75) is 32.2 Å². The summed E-state index contributed by atoms with van der Waals surface area (Å²) < 4.78 is 5.51. The minimum absolute atomic E-state index is 0.334. The molecule has 1 N–H and O–H groups in total. The molecule has 2 rings (SSSR count). The first-order valence-electron chi connectivity index (χ1n) is 7.79. The average molecular weight is 276 g/mol. The molecule has 1 fully saturated rings. The van der Waals surface area contributed by atoms with Crippen LogP contribution in [0.5, 0.6) is 5.75 Å². The van der Waals surface area contributed by atoms with Gasteiger partial charge in [-0.2, -0.15) is 0 Å². The lowest BCUT2D eigenvalue weighted by Gasteiger charge is -2.32. The number of methoxy groups -OCH3 is 1. The SMILES string of the molecule is CCNC(CN(C)CC1CCC1)c1ccccc1OC. The summed E-state index contributed by atoms with van der Waals surface area (Å²) in [5.41, 5.74) is 1.26. The molecule has 3 nitrogen and oxygen atoms in total. The van der Waals surface area contributed by atoms with Crippen molar-refractivity contribution in [3.8, 4) is 5.75 Å². The molecule has 0 amide bonds. The summed E-state index contributed by atoms with van der Waals surface area (Å²) in [6.07, 6.45) is 4.23. The Morgan fingerprint density at radius 3 is 2.70 bits per heavy atom. The van der Waals surface area contributed by atoms with Crippen molar-refractivity contribution in [3.05, 3.63) is 29.8 Å². The number of nitrogens with one attached hydrogen (secondary N) is 1. The number of nitrogens with zero attached hydrogens (tertiary/aromatic N) is 1. The van der Waals surface area contributed by atoms with Crippen LogP contribution in [-0.2, 0) is 0 Å². The van der Waals surface area contributed by atoms with E-state index in [9.17, 15) is 0 Å². The molecule has 0 heterocycles. The van der Waals surface area contributed by atoms with Gasteiger partial charge in [0.2, 0.25) is 0 Å². The molecule has 1 aliphatic carbocycles. The first-order valence-corrected chi connectivity index (χ1v) is 7.79. The van der Waals surface area contributed by atoms with Crippen molar-refractivity contribution in [2.24, 2.45) is 5.92 Å². The van der Waals surface area contributed by atoms with E-state index < -0.39 is 0 Å². The van der Waals surface area contributed by atoms with Gasteiger partial charge in [0.25, 0.3) is 0 Å². The molecule has 1 aromatic rings. The van der Waals surface area contributed by atoms with Gasteiger partial charge in [-0.25, -0.2) is 0 Å². The summed E-state index contributed by atoms with van der Waals surface area (Å²) in [4.78, 5) is 2.46. The summed E-state index contributed by atoms with van der Waals surface area (Å²) >= 11 is 0. The monoisotopic (exact) mass is 276 g/mol. The Balaban J connectivity index is 2.01. The van der Waals surface area contributed by atoms with Crippen LogP contribution in [0.2, 0.25) is 0 Å². The van der Waals surface area contributed by atoms with Crippen molar-refractivity contribution >= 4 is 0 Å². The molecule has 1 aliphatic rings. The van der Waals surface area contributed by atoms with Crippen LogP contribution in [0.4, 0.5) is 0 Å². The fourth-order valence-electron chi connectivity index (χ4n) is 2.98. The van der Waals surface area contributed by atoms with Crippen LogP contribution in [0.25, 0.3) is 0 Å². The standard InChI is InChI=1S/C17H28N2O/c1-4-18-16(13-19(2)12-14-8-7-9-14)15-10-5-6-11-17(15)20-3/h5-6,10-11,14,16,18H,4,7-9,12-13H2,1-3H3. The molecule has 3 heteroatoms. The van der Waals surface area contributed by atoms with E-state index in [4.69, 9.17) is 4.74 Å². The summed E-state index contributed by atoms with van der Waals surface area (Å²) in [6, 6.07) is 8.67. The summed E-state index contributed by atoms with van der Waals surface area (Å²) in [7, 11) is 3.98. The highest BCUT2D eigenvalue weighted by molar-refractivity contribution is 5.36. The van der Waals surface area contributed by atoms with Crippen molar-refractivity contribution in [2.75, 3.05) is 33.8 Å². The van der Waals surface area contributed by atoms with E-state index >= 15 is 0 Å². The molecule has 1 saturated carbocycles. The highest BCUT2D eigenvalue weighted by atomic mass is 16.5. The Bertz CT molecular complexity index is 404. The van der Waals surface area contributed by atoms with Crippen LogP contribution in [0.3, 0.4) is 0 Å². The molecular formula is C17H28N2O. The van der Waals surface area contributed by atoms with Gasteiger partial charge in [0.05, 0.1) is 7.11 Å². The van der Waals surface area contributed by atoms with Gasteiger partial charge in [-0.15, -0.1) is 0 Å². The van der Waals surface area contributed by atoms with E-state index in [0.29, 0.717) is 6.04 Å². The van der Waals surface area contributed by atoms with Crippen LogP contribution < -0.4 is 10.1 Å². The summed E-state index contributed by atoms with van der Waals surface area (Å²) in [5.74, 6) is 1.90. The highest BCUT2D eigenvalue weighted by Gasteiger charge is 2.22. The molecule has 0 saturated heterocycles. The largest absolute Gasteiger partial charge is 0.496 e. The van der Waals surface area contributed by atoms with E-state index in [0.717, 1.165) is 24.8 Å². The summed E-state index contributed by atoms with van der Waals surface area (Å²) in [5, 5.41) is 3.59. The number of ether oxygens (including phenoxy) is 1. The lowest BCUT2D eigenvalue weighted by atomic mass is 9.85. The zero-order chi connectivity index (χ0) is 14.4. The van der Waals surface area contributed by atoms with E-state index in [-0.39, 0.29) is 0 Å². The molecule has 0 aliphatic heterocycles. The van der Waals surface area contributed by atoms with Crippen molar-refractivity contribution in [1.82, 2.24) is 10.2 Å². The van der Waals surface area contributed by atoms with Gasteiger partial charge >= 0.3 is 0 Å². The number of hydrogen-bond acceptors (Lipinski definition) is 3. The predicted octanol–water partition coefficient (Wildman–Crippen LogP) is 3.08. The van der Waals surface area contributed by atoms with Gasteiger partial charge in [-0.3, -0.25) is 0 Å². The van der Waals surface area contributed by atoms with Crippen LogP contribution in [0.15, 0.2) is 24.3 Å². The number of likely N-dealkylation sites (N-methyl/N-ethyl adjacent to an activating group) is 2. The molecule has 1 atom stereocenters. The Kier molecular flexibility index (Phi) is 5.86. The molecule has 0 bridgehead atoms. The molecule has 1 aromatic carbocycles. The number of para-hydroxylation sites is 1. The van der Waals surface area contributed by atoms with Crippen molar-refractivity contribution < 1.29 is 4.74 Å².